The number of benzene rings is 2. The van der Waals surface area contributed by atoms with Gasteiger partial charge in [-0.2, -0.15) is 0 Å². The van der Waals surface area contributed by atoms with E-state index in [1.54, 1.807) is 36.4 Å². The van der Waals surface area contributed by atoms with Crippen LogP contribution in [-0.2, 0) is 10.0 Å². The number of sulfonamides is 1. The molecule has 0 saturated carbocycles. The number of fused-ring (bicyclic) bond motifs is 1. The lowest BCUT2D eigenvalue weighted by molar-refractivity contribution is 0.0919. The minimum Gasteiger partial charge on any atom is -0.451 e. The monoisotopic (exact) mass is 394 g/mol. The van der Waals surface area contributed by atoms with Crippen molar-refractivity contribution >= 4 is 42.8 Å². The number of hydrogen-bond donors (Lipinski definition) is 2. The van der Waals surface area contributed by atoms with Crippen LogP contribution in [0, 0.1) is 0 Å². The molecule has 3 rings (SSSR count). The van der Waals surface area contributed by atoms with Crippen molar-refractivity contribution in [2.24, 2.45) is 0 Å². The Hall–Kier alpha value is -2.16. The van der Waals surface area contributed by atoms with Crippen LogP contribution in [0.2, 0.25) is 0 Å². The van der Waals surface area contributed by atoms with Crippen LogP contribution in [0.25, 0.3) is 11.0 Å². The number of furan rings is 1. The van der Waals surface area contributed by atoms with Crippen LogP contribution in [0.3, 0.4) is 0 Å². The molecule has 0 unspecified atom stereocenters. The fourth-order valence-corrected chi connectivity index (χ4v) is 3.20. The first kappa shape index (κ1) is 15.7. The van der Waals surface area contributed by atoms with Crippen LogP contribution in [0.15, 0.2) is 68.4 Å². The first-order valence-corrected chi connectivity index (χ1v) is 8.80. The van der Waals surface area contributed by atoms with Crippen LogP contribution in [0.4, 0.5) is 0 Å². The van der Waals surface area contributed by atoms with E-state index in [1.807, 2.05) is 4.83 Å². The van der Waals surface area contributed by atoms with Gasteiger partial charge in [-0.25, -0.2) is 8.42 Å². The van der Waals surface area contributed by atoms with E-state index in [4.69, 9.17) is 4.42 Å². The topological polar surface area (TPSA) is 88.4 Å². The molecular weight excluding hydrogens is 384 g/mol. The summed E-state index contributed by atoms with van der Waals surface area (Å²) in [6.45, 7) is 0. The summed E-state index contributed by atoms with van der Waals surface area (Å²) in [5.41, 5.74) is 2.66. The van der Waals surface area contributed by atoms with Gasteiger partial charge in [0.25, 0.3) is 10.0 Å². The molecule has 1 heterocycles. The number of amides is 1. The fourth-order valence-electron chi connectivity index (χ4n) is 1.96. The standard InChI is InChI=1S/C15H11BrN2O4S/c16-11-6-7-13-10(8-11)9-14(22-13)15(19)17-18-23(20,21)12-4-2-1-3-5-12/h1-9,18H,(H,17,19). The molecule has 23 heavy (non-hydrogen) atoms. The van der Waals surface area contributed by atoms with Crippen molar-refractivity contribution in [2.45, 2.75) is 4.90 Å². The number of halogens is 1. The van der Waals surface area contributed by atoms with Gasteiger partial charge < -0.3 is 4.42 Å². The second kappa shape index (κ2) is 6.15. The molecule has 6 nitrogen and oxygen atoms in total. The molecule has 0 aliphatic carbocycles. The Morgan fingerprint density at radius 3 is 2.52 bits per heavy atom. The molecule has 3 aromatic rings. The molecule has 0 spiro atoms. The Morgan fingerprint density at radius 2 is 1.78 bits per heavy atom. The minimum absolute atomic E-state index is 0.00821. The Bertz CT molecular complexity index is 968. The zero-order valence-corrected chi connectivity index (χ0v) is 14.0. The molecule has 0 radical (unpaired) electrons. The number of carbonyl (C=O) groups is 1. The number of hydrazine groups is 1. The van der Waals surface area contributed by atoms with E-state index in [-0.39, 0.29) is 10.7 Å². The van der Waals surface area contributed by atoms with Gasteiger partial charge in [-0.05, 0) is 36.4 Å². The van der Waals surface area contributed by atoms with E-state index < -0.39 is 15.9 Å². The van der Waals surface area contributed by atoms with E-state index in [0.717, 1.165) is 9.86 Å². The van der Waals surface area contributed by atoms with Gasteiger partial charge >= 0.3 is 5.91 Å². The molecule has 0 aliphatic heterocycles. The highest BCUT2D eigenvalue weighted by atomic mass is 79.9. The molecule has 0 bridgehead atoms. The fraction of sp³-hybridized carbons (Fsp3) is 0. The van der Waals surface area contributed by atoms with E-state index in [1.165, 1.54) is 18.2 Å². The summed E-state index contributed by atoms with van der Waals surface area (Å²) < 4.78 is 30.3. The zero-order chi connectivity index (χ0) is 16.4. The maximum atomic E-state index is 12.0. The van der Waals surface area contributed by atoms with Gasteiger partial charge in [0.1, 0.15) is 5.58 Å². The first-order valence-electron chi connectivity index (χ1n) is 6.52. The van der Waals surface area contributed by atoms with E-state index >= 15 is 0 Å². The lowest BCUT2D eigenvalue weighted by Gasteiger charge is -2.06. The van der Waals surface area contributed by atoms with Crippen LogP contribution in [0.5, 0.6) is 0 Å². The highest BCUT2D eigenvalue weighted by molar-refractivity contribution is 9.10. The number of nitrogens with one attached hydrogen (secondary N) is 2. The van der Waals surface area contributed by atoms with Gasteiger partial charge in [0.2, 0.25) is 0 Å². The molecule has 2 N–H and O–H groups in total. The van der Waals surface area contributed by atoms with Gasteiger partial charge in [-0.1, -0.05) is 34.1 Å². The Morgan fingerprint density at radius 1 is 1.04 bits per heavy atom. The maximum absolute atomic E-state index is 12.0. The average Bonchev–Trinajstić information content (AvgIpc) is 2.96. The summed E-state index contributed by atoms with van der Waals surface area (Å²) in [4.78, 5) is 14.1. The van der Waals surface area contributed by atoms with Crippen LogP contribution in [-0.4, -0.2) is 14.3 Å². The Labute approximate surface area is 140 Å². The summed E-state index contributed by atoms with van der Waals surface area (Å²) in [7, 11) is -3.83. The smallest absolute Gasteiger partial charge is 0.301 e. The molecule has 0 atom stereocenters. The minimum atomic E-state index is -3.83. The van der Waals surface area contributed by atoms with Gasteiger partial charge in [0, 0.05) is 9.86 Å². The molecule has 1 amide bonds. The Balaban J connectivity index is 1.76. The lowest BCUT2D eigenvalue weighted by Crippen LogP contribution is -2.41. The van der Waals surface area contributed by atoms with E-state index in [2.05, 4.69) is 21.4 Å². The van der Waals surface area contributed by atoms with Crippen LogP contribution < -0.4 is 10.3 Å². The molecule has 1 aromatic heterocycles. The van der Waals surface area contributed by atoms with E-state index in [9.17, 15) is 13.2 Å². The predicted octanol–water partition coefficient (Wildman–Crippen LogP) is 2.82. The average molecular weight is 395 g/mol. The summed E-state index contributed by atoms with van der Waals surface area (Å²) in [5, 5.41) is 0.732. The maximum Gasteiger partial charge on any atom is 0.301 e. The summed E-state index contributed by atoms with van der Waals surface area (Å²) in [6.07, 6.45) is 0. The van der Waals surface area contributed by atoms with Crippen LogP contribution in [0.1, 0.15) is 10.6 Å². The number of hydrogen-bond acceptors (Lipinski definition) is 4. The molecule has 8 heteroatoms. The second-order valence-corrected chi connectivity index (χ2v) is 7.26. The van der Waals surface area contributed by atoms with Crippen LogP contribution >= 0.6 is 15.9 Å². The quantitative estimate of drug-likeness (QED) is 0.665. The summed E-state index contributed by atoms with van der Waals surface area (Å²) in [6, 6.07) is 14.6. The molecule has 0 fully saturated rings. The van der Waals surface area contributed by atoms with E-state index in [0.29, 0.717) is 5.58 Å². The molecule has 118 valence electrons. The van der Waals surface area contributed by atoms with Crippen molar-refractivity contribution in [1.29, 1.82) is 0 Å². The van der Waals surface area contributed by atoms with Gasteiger partial charge in [-0.3, -0.25) is 10.2 Å². The van der Waals surface area contributed by atoms with Crippen molar-refractivity contribution in [2.75, 3.05) is 0 Å². The highest BCUT2D eigenvalue weighted by Gasteiger charge is 2.17. The molecular formula is C15H11BrN2O4S. The van der Waals surface area contributed by atoms with Gasteiger partial charge in [0.05, 0.1) is 4.90 Å². The third kappa shape index (κ3) is 3.44. The van der Waals surface area contributed by atoms with Gasteiger partial charge in [0.15, 0.2) is 5.76 Å². The number of rotatable bonds is 4. The Kier molecular flexibility index (Phi) is 4.20. The van der Waals surface area contributed by atoms with Crippen molar-refractivity contribution in [3.8, 4) is 0 Å². The normalized spacial score (nSPS) is 11.5. The largest absolute Gasteiger partial charge is 0.451 e. The third-order valence-corrected chi connectivity index (χ3v) is 4.81. The third-order valence-electron chi connectivity index (χ3n) is 3.05. The zero-order valence-electron chi connectivity index (χ0n) is 11.6. The van der Waals surface area contributed by atoms with Crippen molar-refractivity contribution in [3.63, 3.8) is 0 Å². The summed E-state index contributed by atoms with van der Waals surface area (Å²) >= 11 is 3.33. The molecule has 0 aliphatic rings. The van der Waals surface area contributed by atoms with Gasteiger partial charge in [-0.15, -0.1) is 4.83 Å². The van der Waals surface area contributed by atoms with Crippen molar-refractivity contribution in [3.05, 3.63) is 64.8 Å². The second-order valence-electron chi connectivity index (χ2n) is 4.67. The SMILES string of the molecule is O=C(NNS(=O)(=O)c1ccccc1)c1cc2cc(Br)ccc2o1. The van der Waals surface area contributed by atoms with Crippen molar-refractivity contribution in [1.82, 2.24) is 10.3 Å². The molecule has 2 aromatic carbocycles. The predicted molar refractivity (Wildman–Crippen MR) is 88.1 cm³/mol. The first-order chi connectivity index (χ1) is 11.0. The lowest BCUT2D eigenvalue weighted by atomic mass is 10.2. The van der Waals surface area contributed by atoms with Crippen molar-refractivity contribution < 1.29 is 17.6 Å². The summed E-state index contributed by atoms with van der Waals surface area (Å²) in [5.74, 6) is -0.675. The highest BCUT2D eigenvalue weighted by Crippen LogP contribution is 2.23. The molecule has 0 saturated heterocycles. The number of carbonyl (C=O) groups excluding carboxylic acids is 1.